The highest BCUT2D eigenvalue weighted by Crippen LogP contribution is 2.50. The number of thiophene rings is 2. The molecule has 2 aliphatic heterocycles. The summed E-state index contributed by atoms with van der Waals surface area (Å²) in [6.45, 7) is 0.158. The van der Waals surface area contributed by atoms with E-state index in [0.29, 0.717) is 0 Å². The van der Waals surface area contributed by atoms with Crippen molar-refractivity contribution in [2.24, 2.45) is 0 Å². The Kier molecular flexibility index (Phi) is 6.07. The quantitative estimate of drug-likeness (QED) is 0.174. The summed E-state index contributed by atoms with van der Waals surface area (Å²) in [6, 6.07) is 52.3. The molecule has 1 aliphatic carbocycles. The molecule has 2 aromatic heterocycles. The number of rotatable bonds is 3. The van der Waals surface area contributed by atoms with Crippen molar-refractivity contribution in [1.82, 2.24) is 0 Å². The van der Waals surface area contributed by atoms with Crippen molar-refractivity contribution in [2.45, 2.75) is 25.7 Å². The molecule has 232 valence electrons. The molecule has 8 aromatic rings. The fraction of sp³-hybridized carbons (Fsp3) is 0.0909. The van der Waals surface area contributed by atoms with Crippen molar-refractivity contribution in [3.05, 3.63) is 151 Å². The zero-order chi connectivity index (χ0) is 32.1. The van der Waals surface area contributed by atoms with Crippen molar-refractivity contribution in [1.29, 1.82) is 0 Å². The maximum absolute atomic E-state index is 2.58. The van der Waals surface area contributed by atoms with E-state index in [-0.39, 0.29) is 6.71 Å². The Morgan fingerprint density at radius 2 is 1.04 bits per heavy atom. The average molecular weight is 663 g/mol. The molecule has 0 radical (unpaired) electrons. The predicted molar refractivity (Wildman–Crippen MR) is 213 cm³/mol. The predicted octanol–water partition coefficient (Wildman–Crippen LogP) is 10.7. The smallest absolute Gasteiger partial charge is 0.277 e. The van der Waals surface area contributed by atoms with Gasteiger partial charge in [0, 0.05) is 52.5 Å². The number of aryl methyl sites for hydroxylation is 2. The zero-order valence-electron chi connectivity index (χ0n) is 26.9. The minimum atomic E-state index is 0.158. The largest absolute Gasteiger partial charge is 0.310 e. The molecule has 4 heterocycles. The zero-order valence-corrected chi connectivity index (χ0v) is 28.5. The minimum absolute atomic E-state index is 0.158. The van der Waals surface area contributed by atoms with Crippen LogP contribution in [0.1, 0.15) is 24.0 Å². The van der Waals surface area contributed by atoms with Crippen molar-refractivity contribution in [2.75, 3.05) is 9.80 Å². The molecule has 0 spiro atoms. The molecule has 2 nitrogen and oxygen atoms in total. The van der Waals surface area contributed by atoms with Crippen LogP contribution >= 0.6 is 22.7 Å². The highest BCUT2D eigenvalue weighted by Gasteiger charge is 2.46. The number of fused-ring (bicyclic) bond motifs is 9. The second-order valence-electron chi connectivity index (χ2n) is 13.5. The maximum atomic E-state index is 2.58. The number of para-hydroxylation sites is 1. The number of benzene rings is 6. The van der Waals surface area contributed by atoms with Gasteiger partial charge >= 0.3 is 0 Å². The lowest BCUT2D eigenvalue weighted by Crippen LogP contribution is -2.59. The van der Waals surface area contributed by atoms with Gasteiger partial charge in [-0.15, -0.1) is 22.7 Å². The van der Waals surface area contributed by atoms with E-state index in [1.807, 2.05) is 22.7 Å². The maximum Gasteiger partial charge on any atom is 0.277 e. The van der Waals surface area contributed by atoms with Crippen LogP contribution in [-0.4, -0.2) is 6.71 Å². The molecular weight excluding hydrogens is 631 g/mol. The normalized spacial score (nSPS) is 14.5. The van der Waals surface area contributed by atoms with Gasteiger partial charge in [0.1, 0.15) is 0 Å². The fourth-order valence-corrected chi connectivity index (χ4v) is 11.3. The van der Waals surface area contributed by atoms with E-state index >= 15 is 0 Å². The van der Waals surface area contributed by atoms with Gasteiger partial charge < -0.3 is 9.80 Å². The second kappa shape index (κ2) is 10.7. The molecule has 0 unspecified atom stereocenters. The van der Waals surface area contributed by atoms with E-state index in [4.69, 9.17) is 0 Å². The van der Waals surface area contributed by atoms with Gasteiger partial charge in [-0.3, -0.25) is 0 Å². The van der Waals surface area contributed by atoms with E-state index in [0.717, 1.165) is 0 Å². The van der Waals surface area contributed by atoms with Crippen LogP contribution in [0.5, 0.6) is 0 Å². The van der Waals surface area contributed by atoms with Crippen LogP contribution in [0.2, 0.25) is 0 Å². The van der Waals surface area contributed by atoms with Crippen LogP contribution in [0.15, 0.2) is 140 Å². The van der Waals surface area contributed by atoms with Crippen molar-refractivity contribution >= 4 is 98.7 Å². The molecule has 5 heteroatoms. The van der Waals surface area contributed by atoms with Crippen molar-refractivity contribution in [3.63, 3.8) is 0 Å². The van der Waals surface area contributed by atoms with E-state index < -0.39 is 0 Å². The standard InChI is InChI=1S/C44H31BN2S2/c1-2-15-32(16-3-1)46-36-20-11-21-37-40(36)45(43-41(46)34-18-6-8-22-38(34)48-43)44-42(35-19-7-9-23-39(35)49-44)47(37)33-17-10-14-30(27-33)31-25-24-28-12-4-5-13-29(28)26-31/h1-3,6-11,14-27H,4-5,12-13H2. The van der Waals surface area contributed by atoms with Crippen LogP contribution in [-0.2, 0) is 12.8 Å². The molecule has 49 heavy (non-hydrogen) atoms. The number of nitrogens with zero attached hydrogens (tertiary/aromatic N) is 2. The lowest BCUT2D eigenvalue weighted by molar-refractivity contribution is 0.686. The summed E-state index contributed by atoms with van der Waals surface area (Å²) in [5.74, 6) is 0. The molecule has 6 aromatic carbocycles. The molecular formula is C44H31BN2S2. The minimum Gasteiger partial charge on any atom is -0.310 e. The Labute approximate surface area is 294 Å². The summed E-state index contributed by atoms with van der Waals surface area (Å²) < 4.78 is 5.54. The molecule has 0 amide bonds. The molecule has 11 rings (SSSR count). The van der Waals surface area contributed by atoms with Gasteiger partial charge in [-0.25, -0.2) is 0 Å². The number of hydrogen-bond donors (Lipinski definition) is 0. The third-order valence-corrected chi connectivity index (χ3v) is 13.2. The Morgan fingerprint density at radius 1 is 0.469 bits per heavy atom. The number of hydrogen-bond acceptors (Lipinski definition) is 4. The summed E-state index contributed by atoms with van der Waals surface area (Å²) in [5, 5.41) is 2.65. The fourth-order valence-electron chi connectivity index (χ4n) is 8.65. The highest BCUT2D eigenvalue weighted by atomic mass is 32.1. The molecule has 0 atom stereocenters. The van der Waals surface area contributed by atoms with Gasteiger partial charge in [-0.05, 0) is 102 Å². The Morgan fingerprint density at radius 3 is 1.76 bits per heavy atom. The van der Waals surface area contributed by atoms with Gasteiger partial charge in [0.05, 0.1) is 11.4 Å². The topological polar surface area (TPSA) is 6.48 Å². The first-order valence-electron chi connectivity index (χ1n) is 17.4. The van der Waals surface area contributed by atoms with Crippen molar-refractivity contribution < 1.29 is 0 Å². The Balaban J connectivity index is 1.19. The van der Waals surface area contributed by atoms with Crippen LogP contribution < -0.4 is 24.8 Å². The Hall–Kier alpha value is -5.10. The van der Waals surface area contributed by atoms with E-state index in [9.17, 15) is 0 Å². The highest BCUT2D eigenvalue weighted by molar-refractivity contribution is 7.40. The first kappa shape index (κ1) is 27.8. The first-order valence-corrected chi connectivity index (χ1v) is 19.0. The van der Waals surface area contributed by atoms with Gasteiger partial charge in [0.25, 0.3) is 6.71 Å². The summed E-state index contributed by atoms with van der Waals surface area (Å²) >= 11 is 3.93. The van der Waals surface area contributed by atoms with Gasteiger partial charge in [0.2, 0.25) is 0 Å². The lowest BCUT2D eigenvalue weighted by Gasteiger charge is -2.42. The molecule has 0 fully saturated rings. The Bertz CT molecular complexity index is 2600. The van der Waals surface area contributed by atoms with E-state index in [1.165, 1.54) is 117 Å². The average Bonchev–Trinajstić information content (AvgIpc) is 3.74. The van der Waals surface area contributed by atoms with Crippen LogP contribution in [0, 0.1) is 0 Å². The molecule has 0 saturated heterocycles. The van der Waals surface area contributed by atoms with Crippen LogP contribution in [0.3, 0.4) is 0 Å². The number of anilines is 6. The van der Waals surface area contributed by atoms with E-state index in [1.54, 1.807) is 0 Å². The first-order chi connectivity index (χ1) is 24.3. The SMILES string of the molecule is c1ccc(N2c3cccc4c3B(c3sc5ccccc5c32)c2sc3ccccc3c2N4c2cccc(-c3ccc4c(c3)CCCC4)c2)cc1. The summed E-state index contributed by atoms with van der Waals surface area (Å²) in [7, 11) is 0. The molecule has 3 aliphatic rings. The van der Waals surface area contributed by atoms with Crippen LogP contribution in [0.25, 0.3) is 31.3 Å². The van der Waals surface area contributed by atoms with Crippen molar-refractivity contribution in [3.8, 4) is 11.1 Å². The molecule has 0 bridgehead atoms. The monoisotopic (exact) mass is 662 g/mol. The third-order valence-electron chi connectivity index (χ3n) is 10.8. The molecule has 0 saturated carbocycles. The van der Waals surface area contributed by atoms with Gasteiger partial charge in [0.15, 0.2) is 0 Å². The lowest BCUT2D eigenvalue weighted by atomic mass is 9.39. The third kappa shape index (κ3) is 4.06. The van der Waals surface area contributed by atoms with Crippen LogP contribution in [0.4, 0.5) is 34.1 Å². The second-order valence-corrected chi connectivity index (χ2v) is 15.7. The summed E-state index contributed by atoms with van der Waals surface area (Å²) in [6.07, 6.45) is 4.99. The van der Waals surface area contributed by atoms with E-state index in [2.05, 4.69) is 149 Å². The van der Waals surface area contributed by atoms with Gasteiger partial charge in [-0.1, -0.05) is 91.0 Å². The van der Waals surface area contributed by atoms with Gasteiger partial charge in [-0.2, -0.15) is 0 Å². The summed E-state index contributed by atoms with van der Waals surface area (Å²) in [4.78, 5) is 5.11. The summed E-state index contributed by atoms with van der Waals surface area (Å²) in [5.41, 5.74) is 14.6. The molecule has 0 N–H and O–H groups in total.